The van der Waals surface area contributed by atoms with Gasteiger partial charge in [-0.25, -0.2) is 0 Å². The lowest BCUT2D eigenvalue weighted by atomic mass is 9.44. The maximum Gasteiger partial charge on any atom is 0.316 e. The first-order valence-corrected chi connectivity index (χ1v) is 14.8. The Bertz CT molecular complexity index is 650. The zero-order valence-electron chi connectivity index (χ0n) is 20.9. The van der Waals surface area contributed by atoms with E-state index in [9.17, 15) is 9.46 Å². The highest BCUT2D eigenvalue weighted by atomic mass is 31.1. The predicted octanol–water partition coefficient (Wildman–Crippen LogP) is 7.87. The lowest BCUT2D eigenvalue weighted by molar-refractivity contribution is -0.127. The van der Waals surface area contributed by atoms with Crippen molar-refractivity contribution in [3.8, 4) is 0 Å². The minimum absolute atomic E-state index is 0.0161. The van der Waals surface area contributed by atoms with Crippen LogP contribution in [0, 0.1) is 52.3 Å². The summed E-state index contributed by atoms with van der Waals surface area (Å²) in [6.07, 6.45) is 15.9. The molecule has 4 rings (SSSR count). The number of hydrogen-bond acceptors (Lipinski definition) is 2. The van der Waals surface area contributed by atoms with Gasteiger partial charge in [0.05, 0.1) is 6.10 Å². The molecule has 4 heteroatoms. The number of rotatable bonds is 7. The Morgan fingerprint density at radius 1 is 0.935 bits per heavy atom. The number of hydrogen-bond donors (Lipinski definition) is 1. The van der Waals surface area contributed by atoms with E-state index >= 15 is 0 Å². The van der Waals surface area contributed by atoms with E-state index in [-0.39, 0.29) is 6.10 Å². The van der Waals surface area contributed by atoms with Gasteiger partial charge in [-0.15, -0.1) is 0 Å². The summed E-state index contributed by atoms with van der Waals surface area (Å²) in [5.74, 6) is 6.06. The van der Waals surface area contributed by atoms with Crippen LogP contribution in [-0.4, -0.2) is 11.0 Å². The third-order valence-electron chi connectivity index (χ3n) is 11.1. The summed E-state index contributed by atoms with van der Waals surface area (Å²) >= 11 is 0. The highest BCUT2D eigenvalue weighted by Crippen LogP contribution is 2.68. The van der Waals surface area contributed by atoms with E-state index in [0.29, 0.717) is 16.7 Å². The molecule has 180 valence electrons. The molecule has 1 N–H and O–H groups in total. The van der Waals surface area contributed by atoms with Crippen LogP contribution in [0.15, 0.2) is 0 Å². The van der Waals surface area contributed by atoms with Crippen molar-refractivity contribution in [1.82, 2.24) is 0 Å². The SMILES string of the molecule is CC(C)CCC[C@@H](C)[C@H]1CCC2C3CC[C@H]4C[C@@H](O[PH](=O)O)CC[C@]4(C)[C@H]3CC[C@@]21C. The zero-order chi connectivity index (χ0) is 22.4. The van der Waals surface area contributed by atoms with Crippen LogP contribution < -0.4 is 0 Å². The maximum absolute atomic E-state index is 11.2. The van der Waals surface area contributed by atoms with Gasteiger partial charge in [-0.2, -0.15) is 0 Å². The Balaban J connectivity index is 1.43. The second kappa shape index (κ2) is 9.42. The molecule has 0 amide bonds. The fourth-order valence-corrected chi connectivity index (χ4v) is 9.99. The molecule has 4 fully saturated rings. The van der Waals surface area contributed by atoms with Crippen LogP contribution in [-0.2, 0) is 9.09 Å². The van der Waals surface area contributed by atoms with E-state index in [1.807, 2.05) is 0 Å². The summed E-state index contributed by atoms with van der Waals surface area (Å²) < 4.78 is 16.6. The molecule has 0 saturated heterocycles. The normalized spacial score (nSPS) is 46.8. The third-order valence-corrected chi connectivity index (χ3v) is 11.6. The largest absolute Gasteiger partial charge is 0.326 e. The third kappa shape index (κ3) is 4.59. The molecule has 4 aliphatic rings. The number of fused-ring (bicyclic) bond motifs is 5. The van der Waals surface area contributed by atoms with Gasteiger partial charge in [0.15, 0.2) is 0 Å². The summed E-state index contributed by atoms with van der Waals surface area (Å²) in [7, 11) is -2.81. The van der Waals surface area contributed by atoms with Crippen LogP contribution in [0.5, 0.6) is 0 Å². The van der Waals surface area contributed by atoms with Crippen LogP contribution in [0.25, 0.3) is 0 Å². The molecular weight excluding hydrogens is 403 g/mol. The smallest absolute Gasteiger partial charge is 0.316 e. The van der Waals surface area contributed by atoms with E-state index in [0.717, 1.165) is 48.3 Å². The van der Waals surface area contributed by atoms with Crippen molar-refractivity contribution in [2.45, 2.75) is 118 Å². The first-order chi connectivity index (χ1) is 14.6. The van der Waals surface area contributed by atoms with E-state index in [1.54, 1.807) is 0 Å². The molecule has 3 unspecified atom stereocenters. The van der Waals surface area contributed by atoms with Gasteiger partial charge in [-0.05, 0) is 110 Å². The second-order valence-corrected chi connectivity index (χ2v) is 13.7. The molecule has 4 saturated carbocycles. The molecule has 0 aromatic heterocycles. The molecular formula is C27H49O3P. The molecule has 3 nitrogen and oxygen atoms in total. The van der Waals surface area contributed by atoms with Crippen LogP contribution >= 0.6 is 8.25 Å². The standard InChI is InChI=1S/C27H49O3P/c1-18(2)7-6-8-19(3)23-11-12-24-22-10-9-20-17-21(30-31(28)29)13-15-26(20,4)25(22)14-16-27(23,24)5/h18-25,31H,6-17H2,1-5H3,(H,28,29)/t19-,20+,21+,22?,23-,24?,25+,26+,27-/m1/s1. The van der Waals surface area contributed by atoms with Crippen molar-refractivity contribution in [1.29, 1.82) is 0 Å². The van der Waals surface area contributed by atoms with Crippen LogP contribution in [0.3, 0.4) is 0 Å². The highest BCUT2D eigenvalue weighted by molar-refractivity contribution is 7.32. The Labute approximate surface area is 192 Å². The first kappa shape index (κ1) is 24.3. The van der Waals surface area contributed by atoms with Crippen LogP contribution in [0.2, 0.25) is 0 Å². The topological polar surface area (TPSA) is 46.5 Å². The molecule has 0 aromatic rings. The fraction of sp³-hybridized carbons (Fsp3) is 1.00. The van der Waals surface area contributed by atoms with Gasteiger partial charge in [0.2, 0.25) is 0 Å². The predicted molar refractivity (Wildman–Crippen MR) is 129 cm³/mol. The average Bonchev–Trinajstić information content (AvgIpc) is 3.05. The van der Waals surface area contributed by atoms with Gasteiger partial charge >= 0.3 is 8.25 Å². The Hall–Kier alpha value is 0.150. The van der Waals surface area contributed by atoms with E-state index < -0.39 is 8.25 Å². The first-order valence-electron chi connectivity index (χ1n) is 13.5. The molecule has 0 spiro atoms. The fourth-order valence-electron chi connectivity index (χ4n) is 9.49. The van der Waals surface area contributed by atoms with E-state index in [4.69, 9.17) is 4.52 Å². The van der Waals surface area contributed by atoms with Gasteiger partial charge in [0, 0.05) is 0 Å². The van der Waals surface area contributed by atoms with Gasteiger partial charge in [0.25, 0.3) is 0 Å². The minimum Gasteiger partial charge on any atom is -0.326 e. The summed E-state index contributed by atoms with van der Waals surface area (Å²) in [4.78, 5) is 9.26. The zero-order valence-corrected chi connectivity index (χ0v) is 21.9. The molecule has 0 bridgehead atoms. The van der Waals surface area contributed by atoms with Crippen molar-refractivity contribution in [3.05, 3.63) is 0 Å². The van der Waals surface area contributed by atoms with Gasteiger partial charge in [-0.3, -0.25) is 4.57 Å². The molecule has 0 aromatic carbocycles. The Morgan fingerprint density at radius 3 is 2.35 bits per heavy atom. The summed E-state index contributed by atoms with van der Waals surface area (Å²) in [6.45, 7) is 12.6. The minimum atomic E-state index is -2.81. The van der Waals surface area contributed by atoms with Crippen molar-refractivity contribution < 1.29 is 14.0 Å². The second-order valence-electron chi connectivity index (χ2n) is 13.0. The van der Waals surface area contributed by atoms with Gasteiger partial charge < -0.3 is 9.42 Å². The van der Waals surface area contributed by atoms with Crippen LogP contribution in [0.4, 0.5) is 0 Å². The van der Waals surface area contributed by atoms with Crippen molar-refractivity contribution in [2.75, 3.05) is 0 Å². The van der Waals surface area contributed by atoms with Crippen molar-refractivity contribution >= 4 is 8.25 Å². The maximum atomic E-state index is 11.2. The summed E-state index contributed by atoms with van der Waals surface area (Å²) in [5.41, 5.74) is 0.995. The summed E-state index contributed by atoms with van der Waals surface area (Å²) in [6, 6.07) is 0. The lowest BCUT2D eigenvalue weighted by Crippen LogP contribution is -2.54. The van der Waals surface area contributed by atoms with Gasteiger partial charge in [0.1, 0.15) is 0 Å². The summed E-state index contributed by atoms with van der Waals surface area (Å²) in [5, 5.41) is 0. The molecule has 0 radical (unpaired) electrons. The lowest BCUT2D eigenvalue weighted by Gasteiger charge is -2.61. The quantitative estimate of drug-likeness (QED) is 0.400. The van der Waals surface area contributed by atoms with Crippen molar-refractivity contribution in [3.63, 3.8) is 0 Å². The average molecular weight is 453 g/mol. The van der Waals surface area contributed by atoms with Gasteiger partial charge in [-0.1, -0.05) is 53.9 Å². The Kier molecular flexibility index (Phi) is 7.38. The van der Waals surface area contributed by atoms with Crippen molar-refractivity contribution in [2.24, 2.45) is 52.3 Å². The van der Waals surface area contributed by atoms with E-state index in [2.05, 4.69) is 34.6 Å². The molecule has 4 aliphatic carbocycles. The monoisotopic (exact) mass is 452 g/mol. The molecule has 10 atom stereocenters. The Morgan fingerprint density at radius 2 is 1.65 bits per heavy atom. The molecule has 0 aliphatic heterocycles. The molecule has 31 heavy (non-hydrogen) atoms. The van der Waals surface area contributed by atoms with E-state index in [1.165, 1.54) is 64.2 Å². The highest BCUT2D eigenvalue weighted by Gasteiger charge is 2.60. The molecule has 0 heterocycles. The van der Waals surface area contributed by atoms with Crippen LogP contribution in [0.1, 0.15) is 112 Å².